The quantitative estimate of drug-likeness (QED) is 0.373. The molecule has 1 aliphatic heterocycles. The molecule has 1 aliphatic carbocycles. The summed E-state index contributed by atoms with van der Waals surface area (Å²) in [6, 6.07) is 7.01. The Morgan fingerprint density at radius 1 is 1.09 bits per heavy atom. The average molecular weight is 523 g/mol. The SMILES string of the molecule is COC[C@@H](C)NC1CCC(Nc2cc(-c3nc(NC[C@@H]4CCCOC4)ccc3Cl)c(Cl)cn2)CC1. The van der Waals surface area contributed by atoms with E-state index < -0.39 is 0 Å². The minimum atomic E-state index is 0.369. The third kappa shape index (κ3) is 7.67. The summed E-state index contributed by atoms with van der Waals surface area (Å²) in [5.74, 6) is 2.08. The lowest BCUT2D eigenvalue weighted by Gasteiger charge is -2.32. The molecule has 35 heavy (non-hydrogen) atoms. The van der Waals surface area contributed by atoms with Gasteiger partial charge in [-0.15, -0.1) is 0 Å². The van der Waals surface area contributed by atoms with Gasteiger partial charge in [0.05, 0.1) is 29.0 Å². The number of nitrogens with one attached hydrogen (secondary N) is 3. The number of halogens is 2. The average Bonchev–Trinajstić information content (AvgIpc) is 2.87. The van der Waals surface area contributed by atoms with E-state index in [2.05, 4.69) is 27.9 Å². The summed E-state index contributed by atoms with van der Waals surface area (Å²) >= 11 is 13.1. The number of pyridine rings is 2. The first-order chi connectivity index (χ1) is 17.0. The molecule has 7 nitrogen and oxygen atoms in total. The number of hydrogen-bond donors (Lipinski definition) is 3. The van der Waals surface area contributed by atoms with Crippen LogP contribution in [0.25, 0.3) is 11.3 Å². The maximum Gasteiger partial charge on any atom is 0.126 e. The fourth-order valence-electron chi connectivity index (χ4n) is 4.96. The van der Waals surface area contributed by atoms with Crippen molar-refractivity contribution in [3.8, 4) is 11.3 Å². The van der Waals surface area contributed by atoms with Crippen molar-refractivity contribution in [2.24, 2.45) is 5.92 Å². The van der Waals surface area contributed by atoms with Gasteiger partial charge in [0.1, 0.15) is 11.6 Å². The van der Waals surface area contributed by atoms with Crippen molar-refractivity contribution in [1.82, 2.24) is 15.3 Å². The first-order valence-corrected chi connectivity index (χ1v) is 13.4. The Kier molecular flexibility index (Phi) is 9.86. The lowest BCUT2D eigenvalue weighted by Crippen LogP contribution is -2.42. The summed E-state index contributed by atoms with van der Waals surface area (Å²) in [5.41, 5.74) is 1.44. The molecule has 0 spiro atoms. The highest BCUT2D eigenvalue weighted by molar-refractivity contribution is 6.36. The number of hydrogen-bond acceptors (Lipinski definition) is 7. The van der Waals surface area contributed by atoms with Gasteiger partial charge in [0.15, 0.2) is 0 Å². The van der Waals surface area contributed by atoms with Gasteiger partial charge in [-0.2, -0.15) is 0 Å². The molecule has 3 N–H and O–H groups in total. The molecule has 1 saturated heterocycles. The van der Waals surface area contributed by atoms with E-state index in [-0.39, 0.29) is 0 Å². The van der Waals surface area contributed by atoms with Crippen LogP contribution in [0.1, 0.15) is 45.4 Å². The molecular formula is C26H37Cl2N5O2. The van der Waals surface area contributed by atoms with Gasteiger partial charge in [-0.1, -0.05) is 23.2 Å². The fraction of sp³-hybridized carbons (Fsp3) is 0.615. The Hall–Kier alpha value is -1.64. The van der Waals surface area contributed by atoms with E-state index in [1.165, 1.54) is 6.42 Å². The van der Waals surface area contributed by atoms with E-state index in [0.29, 0.717) is 39.8 Å². The smallest absolute Gasteiger partial charge is 0.126 e. The molecule has 3 heterocycles. The molecule has 0 radical (unpaired) electrons. The molecule has 0 aromatic carbocycles. The highest BCUT2D eigenvalue weighted by atomic mass is 35.5. The Balaban J connectivity index is 1.38. The number of nitrogens with zero attached hydrogens (tertiary/aromatic N) is 2. The van der Waals surface area contributed by atoms with Crippen LogP contribution >= 0.6 is 23.2 Å². The first kappa shape index (κ1) is 26.4. The number of aromatic nitrogens is 2. The molecule has 2 aromatic rings. The zero-order chi connectivity index (χ0) is 24.6. The van der Waals surface area contributed by atoms with Crippen molar-refractivity contribution < 1.29 is 9.47 Å². The third-order valence-electron chi connectivity index (χ3n) is 6.80. The lowest BCUT2D eigenvalue weighted by molar-refractivity contribution is 0.0595. The molecule has 2 atom stereocenters. The van der Waals surface area contributed by atoms with Crippen LogP contribution in [0.15, 0.2) is 24.4 Å². The zero-order valence-electron chi connectivity index (χ0n) is 20.7. The standard InChI is InChI=1S/C26H37Cl2N5O2/c1-17(15-34-2)31-19-5-7-20(8-6-19)32-25-12-21(23(28)14-30-25)26-22(27)9-10-24(33-26)29-13-18-4-3-11-35-16-18/h9-10,12,14,17-20,31H,3-8,11,13,15-16H2,1-2H3,(H,29,33)(H,30,32)/t17-,18+,19?,20?/m1/s1. The first-order valence-electron chi connectivity index (χ1n) is 12.7. The van der Waals surface area contributed by atoms with Gasteiger partial charge in [0.2, 0.25) is 0 Å². The number of rotatable bonds is 10. The predicted molar refractivity (Wildman–Crippen MR) is 144 cm³/mol. The molecule has 2 aliphatic rings. The van der Waals surface area contributed by atoms with Crippen molar-refractivity contribution in [2.75, 3.05) is 44.1 Å². The minimum absolute atomic E-state index is 0.369. The molecule has 4 rings (SSSR count). The van der Waals surface area contributed by atoms with Gasteiger partial charge in [-0.3, -0.25) is 0 Å². The normalized spacial score (nSPS) is 23.6. The highest BCUT2D eigenvalue weighted by Gasteiger charge is 2.23. The van der Waals surface area contributed by atoms with Crippen LogP contribution in [-0.4, -0.2) is 61.6 Å². The third-order valence-corrected chi connectivity index (χ3v) is 7.41. The molecule has 9 heteroatoms. The van der Waals surface area contributed by atoms with Crippen LogP contribution < -0.4 is 16.0 Å². The van der Waals surface area contributed by atoms with Crippen molar-refractivity contribution >= 4 is 34.8 Å². The summed E-state index contributed by atoms with van der Waals surface area (Å²) in [5, 5.41) is 11.8. The van der Waals surface area contributed by atoms with Crippen molar-refractivity contribution in [3.63, 3.8) is 0 Å². The summed E-state index contributed by atoms with van der Waals surface area (Å²) < 4.78 is 10.8. The van der Waals surface area contributed by atoms with Crippen LogP contribution in [0.5, 0.6) is 0 Å². The van der Waals surface area contributed by atoms with Gasteiger partial charge >= 0.3 is 0 Å². The van der Waals surface area contributed by atoms with E-state index in [9.17, 15) is 0 Å². The summed E-state index contributed by atoms with van der Waals surface area (Å²) in [6.07, 6.45) is 8.37. The molecule has 0 amide bonds. The van der Waals surface area contributed by atoms with Gasteiger partial charge in [-0.05, 0) is 69.6 Å². The van der Waals surface area contributed by atoms with E-state index >= 15 is 0 Å². The van der Waals surface area contributed by atoms with Gasteiger partial charge in [0.25, 0.3) is 0 Å². The minimum Gasteiger partial charge on any atom is -0.383 e. The second-order valence-electron chi connectivity index (χ2n) is 9.76. The van der Waals surface area contributed by atoms with Gasteiger partial charge in [-0.25, -0.2) is 9.97 Å². The number of ether oxygens (including phenoxy) is 2. The maximum atomic E-state index is 6.55. The maximum absolute atomic E-state index is 6.55. The Morgan fingerprint density at radius 2 is 1.89 bits per heavy atom. The summed E-state index contributed by atoms with van der Waals surface area (Å²) in [4.78, 5) is 9.31. The largest absolute Gasteiger partial charge is 0.383 e. The Labute approximate surface area is 218 Å². The molecule has 2 aromatic heterocycles. The molecule has 0 unspecified atom stereocenters. The second kappa shape index (κ2) is 13.1. The highest BCUT2D eigenvalue weighted by Crippen LogP contribution is 2.34. The predicted octanol–water partition coefficient (Wildman–Crippen LogP) is 5.64. The molecule has 2 fully saturated rings. The van der Waals surface area contributed by atoms with Crippen molar-refractivity contribution in [3.05, 3.63) is 34.4 Å². The zero-order valence-corrected chi connectivity index (χ0v) is 22.2. The van der Waals surface area contributed by atoms with Gasteiger partial charge < -0.3 is 25.4 Å². The number of anilines is 2. The van der Waals surface area contributed by atoms with Gasteiger partial charge in [0, 0.05) is 50.1 Å². The van der Waals surface area contributed by atoms with Crippen LogP contribution in [0.4, 0.5) is 11.6 Å². The second-order valence-corrected chi connectivity index (χ2v) is 10.6. The molecule has 0 bridgehead atoms. The molecule has 192 valence electrons. The molecule has 1 saturated carbocycles. The van der Waals surface area contributed by atoms with Crippen LogP contribution in [0.3, 0.4) is 0 Å². The van der Waals surface area contributed by atoms with E-state index in [1.807, 2.05) is 18.2 Å². The Bertz CT molecular complexity index is 949. The van der Waals surface area contributed by atoms with Crippen molar-refractivity contribution in [2.45, 2.75) is 63.6 Å². The number of methoxy groups -OCH3 is 1. The van der Waals surface area contributed by atoms with Crippen molar-refractivity contribution in [1.29, 1.82) is 0 Å². The lowest BCUT2D eigenvalue weighted by atomic mass is 9.90. The molecular weight excluding hydrogens is 485 g/mol. The van der Waals surface area contributed by atoms with Crippen LogP contribution in [0.2, 0.25) is 10.0 Å². The van der Waals surface area contributed by atoms with E-state index in [1.54, 1.807) is 13.3 Å². The summed E-state index contributed by atoms with van der Waals surface area (Å²) in [6.45, 7) is 5.39. The summed E-state index contributed by atoms with van der Waals surface area (Å²) in [7, 11) is 1.74. The Morgan fingerprint density at radius 3 is 2.63 bits per heavy atom. The fourth-order valence-corrected chi connectivity index (χ4v) is 5.36. The van der Waals surface area contributed by atoms with Crippen LogP contribution in [-0.2, 0) is 9.47 Å². The van der Waals surface area contributed by atoms with E-state index in [4.69, 9.17) is 37.7 Å². The monoisotopic (exact) mass is 521 g/mol. The topological polar surface area (TPSA) is 80.3 Å². The van der Waals surface area contributed by atoms with E-state index in [0.717, 1.165) is 75.7 Å². The van der Waals surface area contributed by atoms with Crippen LogP contribution in [0, 0.1) is 5.92 Å².